The van der Waals surface area contributed by atoms with Crippen LogP contribution in [0.5, 0.6) is 0 Å². The van der Waals surface area contributed by atoms with E-state index in [1.165, 1.54) is 5.56 Å². The lowest BCUT2D eigenvalue weighted by molar-refractivity contribution is -0.918. The molecule has 0 aliphatic carbocycles. The lowest BCUT2D eigenvalue weighted by atomic mass is 10.0. The Kier molecular flexibility index (Phi) is 4.59. The first-order valence-electron chi connectivity index (χ1n) is 6.63. The molecule has 4 heteroatoms. The maximum absolute atomic E-state index is 11.2. The second-order valence-electron chi connectivity index (χ2n) is 4.91. The van der Waals surface area contributed by atoms with Crippen LogP contribution >= 0.6 is 0 Å². The maximum Gasteiger partial charge on any atom is 0.314 e. The van der Waals surface area contributed by atoms with Crippen LogP contribution in [0.4, 0.5) is 4.79 Å². The first-order valence-corrected chi connectivity index (χ1v) is 6.63. The molecule has 1 aromatic rings. The zero-order chi connectivity index (χ0) is 12.8. The molecule has 18 heavy (non-hydrogen) atoms. The Balaban J connectivity index is 1.75. The number of amides is 2. The summed E-state index contributed by atoms with van der Waals surface area (Å²) in [6.45, 7) is 3.35. The highest BCUT2D eigenvalue weighted by atomic mass is 16.2. The molecule has 1 saturated heterocycles. The zero-order valence-corrected chi connectivity index (χ0v) is 10.9. The normalized spacial score (nSPS) is 23.4. The van der Waals surface area contributed by atoms with E-state index in [9.17, 15) is 4.79 Å². The molecule has 3 N–H and O–H groups in total. The van der Waals surface area contributed by atoms with Gasteiger partial charge in [0.05, 0.1) is 13.1 Å². The minimum Gasteiger partial charge on any atom is -0.341 e. The fraction of sp³-hybridized carbons (Fsp3) is 0.500. The summed E-state index contributed by atoms with van der Waals surface area (Å²) in [4.78, 5) is 12.8. The molecule has 0 radical (unpaired) electrons. The van der Waals surface area contributed by atoms with Crippen LogP contribution in [0.2, 0.25) is 0 Å². The van der Waals surface area contributed by atoms with Crippen molar-refractivity contribution in [3.8, 4) is 0 Å². The summed E-state index contributed by atoms with van der Waals surface area (Å²) in [5.41, 5.74) is 1.39. The molecule has 0 aromatic heterocycles. The van der Waals surface area contributed by atoms with Gasteiger partial charge in [0.25, 0.3) is 0 Å². The van der Waals surface area contributed by atoms with Crippen molar-refractivity contribution in [1.82, 2.24) is 10.6 Å². The van der Waals surface area contributed by atoms with Gasteiger partial charge >= 0.3 is 6.03 Å². The van der Waals surface area contributed by atoms with E-state index in [1.807, 2.05) is 0 Å². The molecule has 4 nitrogen and oxygen atoms in total. The Bertz CT molecular complexity index is 372. The molecular weight excluding hydrogens is 226 g/mol. The van der Waals surface area contributed by atoms with Gasteiger partial charge in [0, 0.05) is 31.5 Å². The molecule has 1 heterocycles. The van der Waals surface area contributed by atoms with Crippen LogP contribution in [-0.2, 0) is 6.54 Å². The van der Waals surface area contributed by atoms with Crippen molar-refractivity contribution >= 4 is 6.03 Å². The molecule has 0 saturated carbocycles. The van der Waals surface area contributed by atoms with Crippen LogP contribution in [0, 0.1) is 0 Å². The lowest BCUT2D eigenvalue weighted by Gasteiger charge is -2.29. The number of urea groups is 1. The van der Waals surface area contributed by atoms with E-state index >= 15 is 0 Å². The SMILES string of the molecule is CNC(=O)NC1CC[NH+](Cc2ccccc2)CC1. The summed E-state index contributed by atoms with van der Waals surface area (Å²) in [6.07, 6.45) is 2.13. The van der Waals surface area contributed by atoms with Crippen LogP contribution < -0.4 is 15.5 Å². The molecule has 0 unspecified atom stereocenters. The Morgan fingerprint density at radius 1 is 1.28 bits per heavy atom. The number of rotatable bonds is 3. The first kappa shape index (κ1) is 12.9. The van der Waals surface area contributed by atoms with Gasteiger partial charge in [0.2, 0.25) is 0 Å². The van der Waals surface area contributed by atoms with E-state index in [1.54, 1.807) is 11.9 Å². The van der Waals surface area contributed by atoms with Crippen LogP contribution in [0.15, 0.2) is 30.3 Å². The van der Waals surface area contributed by atoms with E-state index in [0.717, 1.165) is 32.5 Å². The number of piperidine rings is 1. The number of likely N-dealkylation sites (tertiary alicyclic amines) is 1. The molecule has 0 atom stereocenters. The summed E-state index contributed by atoms with van der Waals surface area (Å²) < 4.78 is 0. The summed E-state index contributed by atoms with van der Waals surface area (Å²) >= 11 is 0. The molecule has 1 fully saturated rings. The third-order valence-corrected chi connectivity index (χ3v) is 3.55. The molecule has 0 spiro atoms. The zero-order valence-electron chi connectivity index (χ0n) is 10.9. The summed E-state index contributed by atoms with van der Waals surface area (Å²) in [7, 11) is 1.66. The predicted octanol–water partition coefficient (Wildman–Crippen LogP) is 0.163. The molecule has 1 aliphatic heterocycles. The van der Waals surface area contributed by atoms with Crippen molar-refractivity contribution in [2.24, 2.45) is 0 Å². The van der Waals surface area contributed by atoms with Gasteiger partial charge in [-0.1, -0.05) is 30.3 Å². The topological polar surface area (TPSA) is 45.6 Å². The Morgan fingerprint density at radius 3 is 2.56 bits per heavy atom. The van der Waals surface area contributed by atoms with Crippen molar-refractivity contribution in [1.29, 1.82) is 0 Å². The van der Waals surface area contributed by atoms with Crippen molar-refractivity contribution in [2.75, 3.05) is 20.1 Å². The fourth-order valence-electron chi connectivity index (χ4n) is 2.49. The minimum absolute atomic E-state index is 0.0634. The standard InChI is InChI=1S/C14H21N3O/c1-15-14(18)16-13-7-9-17(10-8-13)11-12-5-3-2-4-6-12/h2-6,13H,7-11H2,1H3,(H2,15,16,18)/p+1. The van der Waals surface area contributed by atoms with Gasteiger partial charge in [-0.2, -0.15) is 0 Å². The monoisotopic (exact) mass is 248 g/mol. The molecule has 98 valence electrons. The summed E-state index contributed by atoms with van der Waals surface area (Å²) in [5, 5.41) is 5.60. The quantitative estimate of drug-likeness (QED) is 0.701. The minimum atomic E-state index is -0.0634. The first-order chi connectivity index (χ1) is 8.78. The van der Waals surface area contributed by atoms with Crippen LogP contribution in [0.3, 0.4) is 0 Å². The highest BCUT2D eigenvalue weighted by Gasteiger charge is 2.22. The third kappa shape index (κ3) is 3.74. The van der Waals surface area contributed by atoms with Crippen molar-refractivity contribution in [2.45, 2.75) is 25.4 Å². The second kappa shape index (κ2) is 6.40. The number of hydrogen-bond acceptors (Lipinski definition) is 1. The largest absolute Gasteiger partial charge is 0.341 e. The average Bonchev–Trinajstić information content (AvgIpc) is 2.42. The van der Waals surface area contributed by atoms with Gasteiger partial charge in [0.1, 0.15) is 6.54 Å². The van der Waals surface area contributed by atoms with Gasteiger partial charge in [-0.15, -0.1) is 0 Å². The molecule has 0 bridgehead atoms. The second-order valence-corrected chi connectivity index (χ2v) is 4.91. The smallest absolute Gasteiger partial charge is 0.314 e. The van der Waals surface area contributed by atoms with E-state index < -0.39 is 0 Å². The molecule has 1 aliphatic rings. The van der Waals surface area contributed by atoms with Crippen molar-refractivity contribution < 1.29 is 9.69 Å². The van der Waals surface area contributed by atoms with Gasteiger partial charge in [-0.05, 0) is 0 Å². The Hall–Kier alpha value is -1.55. The maximum atomic E-state index is 11.2. The van der Waals surface area contributed by atoms with E-state index in [4.69, 9.17) is 0 Å². The van der Waals surface area contributed by atoms with Crippen molar-refractivity contribution in [3.63, 3.8) is 0 Å². The van der Waals surface area contributed by atoms with Crippen LogP contribution in [-0.4, -0.2) is 32.2 Å². The lowest BCUT2D eigenvalue weighted by Crippen LogP contribution is -3.12. The number of carbonyl (C=O) groups excluding carboxylic acids is 1. The van der Waals surface area contributed by atoms with E-state index in [-0.39, 0.29) is 6.03 Å². The highest BCUT2D eigenvalue weighted by molar-refractivity contribution is 5.73. The van der Waals surface area contributed by atoms with Gasteiger partial charge in [0.15, 0.2) is 0 Å². The molecular formula is C14H22N3O+. The number of nitrogens with one attached hydrogen (secondary N) is 3. The van der Waals surface area contributed by atoms with Crippen LogP contribution in [0.25, 0.3) is 0 Å². The summed E-state index contributed by atoms with van der Waals surface area (Å²) in [6, 6.07) is 10.9. The van der Waals surface area contributed by atoms with Crippen molar-refractivity contribution in [3.05, 3.63) is 35.9 Å². The number of hydrogen-bond donors (Lipinski definition) is 3. The Morgan fingerprint density at radius 2 is 1.94 bits per heavy atom. The third-order valence-electron chi connectivity index (χ3n) is 3.55. The predicted molar refractivity (Wildman–Crippen MR) is 71.5 cm³/mol. The van der Waals surface area contributed by atoms with Gasteiger partial charge < -0.3 is 15.5 Å². The average molecular weight is 248 g/mol. The Labute approximate surface area is 108 Å². The van der Waals surface area contributed by atoms with E-state index in [2.05, 4.69) is 41.0 Å². The molecule has 1 aromatic carbocycles. The number of benzene rings is 1. The van der Waals surface area contributed by atoms with Gasteiger partial charge in [-0.25, -0.2) is 4.79 Å². The molecule has 2 rings (SSSR count). The van der Waals surface area contributed by atoms with Crippen LogP contribution in [0.1, 0.15) is 18.4 Å². The number of carbonyl (C=O) groups is 1. The molecule has 2 amide bonds. The van der Waals surface area contributed by atoms with Gasteiger partial charge in [-0.3, -0.25) is 0 Å². The number of quaternary nitrogens is 1. The van der Waals surface area contributed by atoms with E-state index in [0.29, 0.717) is 6.04 Å². The summed E-state index contributed by atoms with van der Waals surface area (Å²) in [5.74, 6) is 0. The highest BCUT2D eigenvalue weighted by Crippen LogP contribution is 2.01. The fourth-order valence-corrected chi connectivity index (χ4v) is 2.49.